The van der Waals surface area contributed by atoms with Gasteiger partial charge in [-0.05, 0) is 18.9 Å². The molecule has 124 valence electrons. The minimum atomic E-state index is 0.0845. The van der Waals surface area contributed by atoms with Gasteiger partial charge in [0.2, 0.25) is 5.91 Å². The van der Waals surface area contributed by atoms with Crippen LogP contribution in [0.1, 0.15) is 26.3 Å². The number of amides is 1. The van der Waals surface area contributed by atoms with Crippen molar-refractivity contribution in [2.75, 3.05) is 7.11 Å². The van der Waals surface area contributed by atoms with Crippen molar-refractivity contribution in [2.45, 2.75) is 39.3 Å². The second kappa shape index (κ2) is 8.11. The fourth-order valence-corrected chi connectivity index (χ4v) is 2.87. The molecule has 0 unspecified atom stereocenters. The lowest BCUT2D eigenvalue weighted by Gasteiger charge is -2.31. The summed E-state index contributed by atoms with van der Waals surface area (Å²) in [5, 5.41) is 2.89. The summed E-state index contributed by atoms with van der Waals surface area (Å²) in [6.07, 6.45) is 7.46. The van der Waals surface area contributed by atoms with Crippen molar-refractivity contribution in [1.29, 1.82) is 0 Å². The van der Waals surface area contributed by atoms with Crippen molar-refractivity contribution in [3.8, 4) is 0 Å². The molecule has 1 aliphatic heterocycles. The lowest BCUT2D eigenvalue weighted by molar-refractivity contribution is -0.132. The van der Waals surface area contributed by atoms with Gasteiger partial charge in [0.1, 0.15) is 0 Å². The quantitative estimate of drug-likeness (QED) is 0.618. The Bertz CT molecular complexity index is 577. The molecular formula is C20H27NO2. The SMILES string of the molecule is CO[C@H](Cc1ccccc1)[C@H](C)/C=C(C)/C=C/[C@H]1NC(=O)[C@@H]1C. The molecule has 1 aromatic rings. The highest BCUT2D eigenvalue weighted by atomic mass is 16.5. The van der Waals surface area contributed by atoms with E-state index in [2.05, 4.69) is 61.7 Å². The molecule has 23 heavy (non-hydrogen) atoms. The molecule has 3 nitrogen and oxygen atoms in total. The molecule has 0 aliphatic carbocycles. The summed E-state index contributed by atoms with van der Waals surface area (Å²) >= 11 is 0. The van der Waals surface area contributed by atoms with Crippen molar-refractivity contribution in [3.05, 3.63) is 59.7 Å². The normalized spacial score (nSPS) is 24.2. The van der Waals surface area contributed by atoms with Crippen LogP contribution in [0.2, 0.25) is 0 Å². The maximum Gasteiger partial charge on any atom is 0.225 e. The van der Waals surface area contributed by atoms with Crippen LogP contribution in [0.4, 0.5) is 0 Å². The number of hydrogen-bond donors (Lipinski definition) is 1. The third-order valence-electron chi connectivity index (χ3n) is 4.52. The lowest BCUT2D eigenvalue weighted by Crippen LogP contribution is -2.55. The van der Waals surface area contributed by atoms with Crippen molar-refractivity contribution < 1.29 is 9.53 Å². The zero-order chi connectivity index (χ0) is 16.8. The summed E-state index contributed by atoms with van der Waals surface area (Å²) in [6, 6.07) is 10.6. The van der Waals surface area contributed by atoms with Gasteiger partial charge < -0.3 is 10.1 Å². The van der Waals surface area contributed by atoms with E-state index in [4.69, 9.17) is 4.74 Å². The third kappa shape index (κ3) is 4.80. The van der Waals surface area contributed by atoms with Gasteiger partial charge >= 0.3 is 0 Å². The molecule has 1 amide bonds. The van der Waals surface area contributed by atoms with Crippen molar-refractivity contribution in [2.24, 2.45) is 11.8 Å². The summed E-state index contributed by atoms with van der Waals surface area (Å²) in [7, 11) is 1.77. The molecule has 1 aliphatic rings. The summed E-state index contributed by atoms with van der Waals surface area (Å²) in [6.45, 7) is 6.23. The third-order valence-corrected chi connectivity index (χ3v) is 4.52. The van der Waals surface area contributed by atoms with E-state index in [9.17, 15) is 4.79 Å². The number of ether oxygens (including phenoxy) is 1. The molecule has 0 radical (unpaired) electrons. The molecule has 2 rings (SSSR count). The van der Waals surface area contributed by atoms with Crippen LogP contribution < -0.4 is 5.32 Å². The number of rotatable bonds is 7. The van der Waals surface area contributed by atoms with Gasteiger partial charge in [-0.15, -0.1) is 0 Å². The lowest BCUT2D eigenvalue weighted by atomic mass is 9.91. The van der Waals surface area contributed by atoms with Gasteiger partial charge in [-0.1, -0.05) is 68.0 Å². The fraction of sp³-hybridized carbons (Fsp3) is 0.450. The molecule has 1 fully saturated rings. The first-order chi connectivity index (χ1) is 11.0. The van der Waals surface area contributed by atoms with Gasteiger partial charge in [-0.2, -0.15) is 0 Å². The monoisotopic (exact) mass is 313 g/mol. The first-order valence-electron chi connectivity index (χ1n) is 8.25. The largest absolute Gasteiger partial charge is 0.381 e. The number of allylic oxidation sites excluding steroid dienone is 2. The van der Waals surface area contributed by atoms with Crippen LogP contribution >= 0.6 is 0 Å². The second-order valence-corrected chi connectivity index (χ2v) is 6.42. The van der Waals surface area contributed by atoms with E-state index in [0.29, 0.717) is 5.92 Å². The minimum absolute atomic E-state index is 0.0845. The molecule has 3 heteroatoms. The van der Waals surface area contributed by atoms with Gasteiger partial charge in [-0.25, -0.2) is 0 Å². The van der Waals surface area contributed by atoms with Gasteiger partial charge in [0.15, 0.2) is 0 Å². The van der Waals surface area contributed by atoms with Crippen LogP contribution in [-0.4, -0.2) is 25.2 Å². The Morgan fingerprint density at radius 3 is 2.61 bits per heavy atom. The summed E-state index contributed by atoms with van der Waals surface area (Å²) in [4.78, 5) is 11.2. The van der Waals surface area contributed by atoms with E-state index in [-0.39, 0.29) is 24.0 Å². The number of nitrogens with one attached hydrogen (secondary N) is 1. The Morgan fingerprint density at radius 2 is 2.04 bits per heavy atom. The maximum absolute atomic E-state index is 11.2. The maximum atomic E-state index is 11.2. The fourth-order valence-electron chi connectivity index (χ4n) is 2.87. The number of methoxy groups -OCH3 is 1. The van der Waals surface area contributed by atoms with Crippen LogP contribution in [-0.2, 0) is 16.0 Å². The van der Waals surface area contributed by atoms with Crippen LogP contribution in [0.5, 0.6) is 0 Å². The molecule has 1 aromatic carbocycles. The Labute approximate surface area is 139 Å². The Balaban J connectivity index is 1.93. The van der Waals surface area contributed by atoms with Gasteiger partial charge in [0.05, 0.1) is 18.1 Å². The van der Waals surface area contributed by atoms with Crippen molar-refractivity contribution in [3.63, 3.8) is 0 Å². The van der Waals surface area contributed by atoms with Gasteiger partial charge in [-0.3, -0.25) is 4.79 Å². The minimum Gasteiger partial charge on any atom is -0.381 e. The van der Waals surface area contributed by atoms with Gasteiger partial charge in [0.25, 0.3) is 0 Å². The predicted molar refractivity (Wildman–Crippen MR) is 94.1 cm³/mol. The predicted octanol–water partition coefficient (Wildman–Crippen LogP) is 3.52. The second-order valence-electron chi connectivity index (χ2n) is 6.42. The van der Waals surface area contributed by atoms with E-state index in [0.717, 1.165) is 6.42 Å². The van der Waals surface area contributed by atoms with E-state index in [1.54, 1.807) is 7.11 Å². The Kier molecular flexibility index (Phi) is 6.17. The molecule has 4 atom stereocenters. The zero-order valence-corrected chi connectivity index (χ0v) is 14.5. The van der Waals surface area contributed by atoms with Crippen LogP contribution in [0.3, 0.4) is 0 Å². The van der Waals surface area contributed by atoms with Crippen molar-refractivity contribution >= 4 is 5.91 Å². The Morgan fingerprint density at radius 1 is 1.35 bits per heavy atom. The average Bonchev–Trinajstić information content (AvgIpc) is 2.56. The molecule has 0 bridgehead atoms. The van der Waals surface area contributed by atoms with Gasteiger partial charge in [0, 0.05) is 13.0 Å². The molecule has 0 spiro atoms. The highest BCUT2D eigenvalue weighted by Crippen LogP contribution is 2.19. The average molecular weight is 313 g/mol. The molecule has 0 saturated carbocycles. The molecule has 1 saturated heterocycles. The first-order valence-corrected chi connectivity index (χ1v) is 8.25. The topological polar surface area (TPSA) is 38.3 Å². The smallest absolute Gasteiger partial charge is 0.225 e. The summed E-state index contributed by atoms with van der Waals surface area (Å²) < 4.78 is 5.68. The summed E-state index contributed by atoms with van der Waals surface area (Å²) in [5.74, 6) is 0.538. The highest BCUT2D eigenvalue weighted by molar-refractivity contribution is 5.86. The van der Waals surface area contributed by atoms with Crippen LogP contribution in [0.25, 0.3) is 0 Å². The highest BCUT2D eigenvalue weighted by Gasteiger charge is 2.32. The van der Waals surface area contributed by atoms with Crippen molar-refractivity contribution in [1.82, 2.24) is 5.32 Å². The molecule has 0 aromatic heterocycles. The first kappa shape index (κ1) is 17.5. The molecule has 1 heterocycles. The number of hydrogen-bond acceptors (Lipinski definition) is 2. The number of carbonyl (C=O) groups excluding carboxylic acids is 1. The van der Waals surface area contributed by atoms with Crippen LogP contribution in [0.15, 0.2) is 54.1 Å². The summed E-state index contributed by atoms with van der Waals surface area (Å²) in [5.41, 5.74) is 2.49. The van der Waals surface area contributed by atoms with E-state index >= 15 is 0 Å². The Hall–Kier alpha value is -1.87. The standard InChI is InChI=1S/C20H27NO2/c1-14(10-11-18-16(3)20(22)21-18)12-15(2)19(23-4)13-17-8-6-5-7-9-17/h5-12,15-16,18-19H,13H2,1-4H3,(H,21,22)/b11-10+,14-12+/t15-,16-,18-,19-/m1/s1. The number of carbonyl (C=O) groups is 1. The number of β-lactam (4-membered cyclic amide) rings is 1. The molecular weight excluding hydrogens is 286 g/mol. The van der Waals surface area contributed by atoms with E-state index in [1.807, 2.05) is 13.0 Å². The van der Waals surface area contributed by atoms with E-state index in [1.165, 1.54) is 11.1 Å². The zero-order valence-electron chi connectivity index (χ0n) is 14.5. The van der Waals surface area contributed by atoms with Crippen LogP contribution in [0, 0.1) is 11.8 Å². The number of benzene rings is 1. The molecule has 1 N–H and O–H groups in total. The van der Waals surface area contributed by atoms with E-state index < -0.39 is 0 Å².